The molecule has 0 radical (unpaired) electrons. The van der Waals surface area contributed by atoms with E-state index in [1.54, 1.807) is 48.1 Å². The lowest BCUT2D eigenvalue weighted by atomic mass is 10.2. The second-order valence-electron chi connectivity index (χ2n) is 7.21. The maximum absolute atomic E-state index is 13.4. The van der Waals surface area contributed by atoms with Crippen LogP contribution in [0.5, 0.6) is 5.75 Å². The first-order valence-electron chi connectivity index (χ1n) is 10.5. The molecule has 0 saturated heterocycles. The molecule has 0 unspecified atom stereocenters. The lowest BCUT2D eigenvalue weighted by Crippen LogP contribution is -2.21. The Labute approximate surface area is 205 Å². The Kier molecular flexibility index (Phi) is 7.74. The number of para-hydroxylation sites is 1. The molecule has 1 N–H and O–H groups in total. The van der Waals surface area contributed by atoms with Crippen LogP contribution in [0.15, 0.2) is 84.0 Å². The summed E-state index contributed by atoms with van der Waals surface area (Å²) in [6.07, 6.45) is 0. The highest BCUT2D eigenvalue weighted by molar-refractivity contribution is 7.99. The molecule has 3 aromatic carbocycles. The van der Waals surface area contributed by atoms with Gasteiger partial charge in [-0.3, -0.25) is 14.2 Å². The molecular formula is C25H21FN4O4S. The molecule has 0 spiro atoms. The predicted octanol–water partition coefficient (Wildman–Crippen LogP) is 4.36. The van der Waals surface area contributed by atoms with E-state index in [-0.39, 0.29) is 11.6 Å². The third kappa shape index (κ3) is 6.24. The van der Waals surface area contributed by atoms with Gasteiger partial charge in [0, 0.05) is 16.9 Å². The number of hydrogen-bond donors (Lipinski definition) is 1. The molecule has 10 heteroatoms. The minimum Gasteiger partial charge on any atom is -0.497 e. The molecule has 0 bridgehead atoms. The molecule has 1 aromatic heterocycles. The number of anilines is 1. The summed E-state index contributed by atoms with van der Waals surface area (Å²) in [7, 11) is 1.55. The van der Waals surface area contributed by atoms with Crippen molar-refractivity contribution in [2.75, 3.05) is 24.8 Å². The zero-order valence-corrected chi connectivity index (χ0v) is 19.5. The number of amides is 1. The average Bonchev–Trinajstić information content (AvgIpc) is 3.31. The van der Waals surface area contributed by atoms with Crippen LogP contribution in [0.4, 0.5) is 10.1 Å². The highest BCUT2D eigenvalue weighted by Gasteiger charge is 2.18. The number of rotatable bonds is 9. The number of ether oxygens (including phenoxy) is 2. The van der Waals surface area contributed by atoms with E-state index in [0.717, 1.165) is 17.4 Å². The van der Waals surface area contributed by atoms with E-state index < -0.39 is 18.5 Å². The fourth-order valence-electron chi connectivity index (χ4n) is 3.14. The summed E-state index contributed by atoms with van der Waals surface area (Å²) < 4.78 is 25.3. The minimum absolute atomic E-state index is 0.0792. The summed E-state index contributed by atoms with van der Waals surface area (Å²) in [5.74, 6) is -0.300. The SMILES string of the molecule is COc1ccc(NC(=O)COC(=O)CSc2nnc(-c3ccc(F)cc3)n2-c2ccccc2)cc1. The number of nitrogens with zero attached hydrogens (tertiary/aromatic N) is 3. The first kappa shape index (κ1) is 24.0. The largest absolute Gasteiger partial charge is 0.497 e. The quantitative estimate of drug-likeness (QED) is 0.274. The van der Waals surface area contributed by atoms with E-state index in [0.29, 0.717) is 28.0 Å². The van der Waals surface area contributed by atoms with E-state index >= 15 is 0 Å². The lowest BCUT2D eigenvalue weighted by molar-refractivity contribution is -0.144. The van der Waals surface area contributed by atoms with Crippen LogP contribution < -0.4 is 10.1 Å². The van der Waals surface area contributed by atoms with Gasteiger partial charge in [-0.25, -0.2) is 4.39 Å². The van der Waals surface area contributed by atoms with Crippen LogP contribution in [0.3, 0.4) is 0 Å². The summed E-state index contributed by atoms with van der Waals surface area (Å²) in [6.45, 7) is -0.419. The smallest absolute Gasteiger partial charge is 0.316 e. The van der Waals surface area contributed by atoms with Crippen molar-refractivity contribution in [1.29, 1.82) is 0 Å². The van der Waals surface area contributed by atoms with Crippen molar-refractivity contribution >= 4 is 29.3 Å². The molecule has 0 fully saturated rings. The summed E-state index contributed by atoms with van der Waals surface area (Å²) in [6, 6.07) is 22.1. The Hall–Kier alpha value is -4.18. The number of nitrogens with one attached hydrogen (secondary N) is 1. The molecular weight excluding hydrogens is 471 g/mol. The maximum Gasteiger partial charge on any atom is 0.316 e. The lowest BCUT2D eigenvalue weighted by Gasteiger charge is -2.10. The molecule has 0 atom stereocenters. The van der Waals surface area contributed by atoms with Crippen LogP contribution >= 0.6 is 11.8 Å². The second kappa shape index (κ2) is 11.3. The average molecular weight is 493 g/mol. The molecule has 1 heterocycles. The third-order valence-electron chi connectivity index (χ3n) is 4.81. The molecule has 0 aliphatic rings. The topological polar surface area (TPSA) is 95.3 Å². The van der Waals surface area contributed by atoms with Crippen molar-refractivity contribution in [3.8, 4) is 22.8 Å². The van der Waals surface area contributed by atoms with Crippen molar-refractivity contribution in [3.05, 3.63) is 84.7 Å². The first-order chi connectivity index (χ1) is 17.0. The molecule has 4 rings (SSSR count). The Morgan fingerprint density at radius 2 is 1.69 bits per heavy atom. The number of halogens is 1. The van der Waals surface area contributed by atoms with Crippen LogP contribution in [0.2, 0.25) is 0 Å². The summed E-state index contributed by atoms with van der Waals surface area (Å²) >= 11 is 1.12. The predicted molar refractivity (Wildman–Crippen MR) is 130 cm³/mol. The van der Waals surface area contributed by atoms with Gasteiger partial charge >= 0.3 is 5.97 Å². The standard InChI is InChI=1S/C25H21FN4O4S/c1-33-21-13-11-19(12-14-21)27-22(31)15-34-23(32)16-35-25-29-28-24(17-7-9-18(26)10-8-17)30(25)20-5-3-2-4-6-20/h2-14H,15-16H2,1H3,(H,27,31). The number of methoxy groups -OCH3 is 1. The molecule has 4 aromatic rings. The second-order valence-corrected chi connectivity index (χ2v) is 8.15. The molecule has 0 aliphatic heterocycles. The Morgan fingerprint density at radius 3 is 2.37 bits per heavy atom. The number of benzene rings is 3. The first-order valence-corrected chi connectivity index (χ1v) is 11.5. The van der Waals surface area contributed by atoms with Crippen LogP contribution in [0, 0.1) is 5.82 Å². The number of thioether (sulfide) groups is 1. The van der Waals surface area contributed by atoms with Gasteiger partial charge in [-0.1, -0.05) is 30.0 Å². The van der Waals surface area contributed by atoms with Gasteiger partial charge in [-0.05, 0) is 60.7 Å². The molecule has 35 heavy (non-hydrogen) atoms. The summed E-state index contributed by atoms with van der Waals surface area (Å²) in [4.78, 5) is 24.4. The zero-order valence-electron chi connectivity index (χ0n) is 18.7. The van der Waals surface area contributed by atoms with Gasteiger partial charge in [0.15, 0.2) is 17.6 Å². The third-order valence-corrected chi connectivity index (χ3v) is 5.71. The van der Waals surface area contributed by atoms with Gasteiger partial charge in [0.1, 0.15) is 11.6 Å². The van der Waals surface area contributed by atoms with Gasteiger partial charge in [-0.15, -0.1) is 10.2 Å². The molecule has 178 valence electrons. The van der Waals surface area contributed by atoms with E-state index in [1.165, 1.54) is 12.1 Å². The number of esters is 1. The zero-order chi connectivity index (χ0) is 24.6. The van der Waals surface area contributed by atoms with Gasteiger partial charge in [0.2, 0.25) is 0 Å². The fraction of sp³-hybridized carbons (Fsp3) is 0.120. The van der Waals surface area contributed by atoms with Crippen LogP contribution in [-0.2, 0) is 14.3 Å². The normalized spacial score (nSPS) is 10.6. The molecule has 0 aliphatic carbocycles. The number of aromatic nitrogens is 3. The summed E-state index contributed by atoms with van der Waals surface area (Å²) in [5, 5.41) is 11.6. The highest BCUT2D eigenvalue weighted by atomic mass is 32.2. The van der Waals surface area contributed by atoms with Gasteiger partial charge < -0.3 is 14.8 Å². The van der Waals surface area contributed by atoms with E-state index in [4.69, 9.17) is 9.47 Å². The van der Waals surface area contributed by atoms with E-state index in [9.17, 15) is 14.0 Å². The minimum atomic E-state index is -0.578. The van der Waals surface area contributed by atoms with Crippen molar-refractivity contribution in [3.63, 3.8) is 0 Å². The van der Waals surface area contributed by atoms with E-state index in [1.807, 2.05) is 30.3 Å². The van der Waals surface area contributed by atoms with Crippen LogP contribution in [-0.4, -0.2) is 46.1 Å². The molecule has 0 saturated carbocycles. The van der Waals surface area contributed by atoms with Crippen molar-refractivity contribution in [2.45, 2.75) is 5.16 Å². The number of carbonyl (C=O) groups is 2. The maximum atomic E-state index is 13.4. The molecule has 1 amide bonds. The van der Waals surface area contributed by atoms with Crippen LogP contribution in [0.25, 0.3) is 17.1 Å². The fourth-order valence-corrected chi connectivity index (χ4v) is 3.89. The molecule has 8 nitrogen and oxygen atoms in total. The van der Waals surface area contributed by atoms with Gasteiger partial charge in [-0.2, -0.15) is 0 Å². The monoisotopic (exact) mass is 492 g/mol. The van der Waals surface area contributed by atoms with Gasteiger partial charge in [0.25, 0.3) is 5.91 Å². The number of carbonyl (C=O) groups excluding carboxylic acids is 2. The van der Waals surface area contributed by atoms with E-state index in [2.05, 4.69) is 15.5 Å². The highest BCUT2D eigenvalue weighted by Crippen LogP contribution is 2.28. The summed E-state index contributed by atoms with van der Waals surface area (Å²) in [5.41, 5.74) is 2.02. The Balaban J connectivity index is 1.39. The van der Waals surface area contributed by atoms with Crippen LogP contribution in [0.1, 0.15) is 0 Å². The van der Waals surface area contributed by atoms with Crippen molar-refractivity contribution in [2.24, 2.45) is 0 Å². The Morgan fingerprint density at radius 1 is 0.971 bits per heavy atom. The van der Waals surface area contributed by atoms with Crippen molar-refractivity contribution < 1.29 is 23.5 Å². The number of hydrogen-bond acceptors (Lipinski definition) is 7. The Bertz CT molecular complexity index is 1300. The van der Waals surface area contributed by atoms with Gasteiger partial charge in [0.05, 0.1) is 12.9 Å². The van der Waals surface area contributed by atoms with Crippen molar-refractivity contribution in [1.82, 2.24) is 14.8 Å².